The molecule has 4 heterocycles. The smallest absolute Gasteiger partial charge is 0.248 e. The highest BCUT2D eigenvalue weighted by atomic mass is 32.1. The molecule has 0 spiro atoms. The Hall–Kier alpha value is -1.77. The number of hydrogen-bond acceptors (Lipinski definition) is 6. The lowest BCUT2D eigenvalue weighted by Gasteiger charge is -2.41. The second-order valence-electron chi connectivity index (χ2n) is 7.42. The molecule has 8 heteroatoms. The van der Waals surface area contributed by atoms with Gasteiger partial charge in [-0.1, -0.05) is 0 Å². The van der Waals surface area contributed by atoms with Crippen LogP contribution < -0.4 is 0 Å². The van der Waals surface area contributed by atoms with Crippen molar-refractivity contribution in [3.05, 3.63) is 34.0 Å². The van der Waals surface area contributed by atoms with E-state index < -0.39 is 0 Å². The van der Waals surface area contributed by atoms with Crippen LogP contribution in [0.5, 0.6) is 0 Å². The lowest BCUT2D eigenvalue weighted by Crippen LogP contribution is -2.52. The van der Waals surface area contributed by atoms with Crippen LogP contribution in [0.15, 0.2) is 16.8 Å². The molecule has 2 aromatic heterocycles. The number of nitrogens with zero attached hydrogens (tertiary/aromatic N) is 4. The zero-order chi connectivity index (χ0) is 18.1. The van der Waals surface area contributed by atoms with Crippen molar-refractivity contribution < 1.29 is 9.53 Å². The molecule has 0 radical (unpaired) electrons. The third-order valence-electron chi connectivity index (χ3n) is 5.68. The molecule has 1 N–H and O–H groups in total. The van der Waals surface area contributed by atoms with Crippen molar-refractivity contribution in [1.82, 2.24) is 25.0 Å². The van der Waals surface area contributed by atoms with Gasteiger partial charge in [-0.3, -0.25) is 14.8 Å². The number of aromatic nitrogens is 3. The number of carbonyl (C=O) groups is 1. The molecule has 4 rings (SSSR count). The largest absolute Gasteiger partial charge is 0.375 e. The number of aryl methyl sites for hydroxylation is 1. The van der Waals surface area contributed by atoms with E-state index in [1.807, 2.05) is 11.8 Å². The van der Waals surface area contributed by atoms with Gasteiger partial charge in [-0.25, -0.2) is 4.98 Å². The molecular formula is C18H25N5O2S. The van der Waals surface area contributed by atoms with Gasteiger partial charge in [0.15, 0.2) is 5.82 Å². The van der Waals surface area contributed by atoms with Gasteiger partial charge in [0.05, 0.1) is 5.41 Å². The van der Waals surface area contributed by atoms with Crippen molar-refractivity contribution in [3.8, 4) is 0 Å². The van der Waals surface area contributed by atoms with Gasteiger partial charge >= 0.3 is 0 Å². The molecule has 2 aromatic rings. The van der Waals surface area contributed by atoms with E-state index in [-0.39, 0.29) is 17.9 Å². The maximum Gasteiger partial charge on any atom is 0.248 e. The van der Waals surface area contributed by atoms with Crippen molar-refractivity contribution >= 4 is 17.2 Å². The number of piperidine rings is 1. The molecular weight excluding hydrogens is 350 g/mol. The Morgan fingerprint density at radius 1 is 1.50 bits per heavy atom. The van der Waals surface area contributed by atoms with Gasteiger partial charge in [-0.2, -0.15) is 16.4 Å². The van der Waals surface area contributed by atoms with Crippen LogP contribution in [0.2, 0.25) is 0 Å². The van der Waals surface area contributed by atoms with E-state index in [0.717, 1.165) is 50.8 Å². The molecule has 2 atom stereocenters. The number of aromatic amines is 1. The van der Waals surface area contributed by atoms with E-state index in [9.17, 15) is 4.79 Å². The average Bonchev–Trinajstić information content (AvgIpc) is 3.34. The van der Waals surface area contributed by atoms with Crippen LogP contribution in [0.4, 0.5) is 0 Å². The Balaban J connectivity index is 1.57. The first-order valence-corrected chi connectivity index (χ1v) is 9.94. The van der Waals surface area contributed by atoms with Crippen molar-refractivity contribution in [3.63, 3.8) is 0 Å². The number of likely N-dealkylation sites (tertiary alicyclic amines) is 2. The van der Waals surface area contributed by atoms with Crippen LogP contribution in [-0.2, 0) is 21.5 Å². The van der Waals surface area contributed by atoms with E-state index in [0.29, 0.717) is 5.92 Å². The van der Waals surface area contributed by atoms with Gasteiger partial charge in [0.1, 0.15) is 12.4 Å². The number of nitrogens with one attached hydrogen (secondary N) is 1. The van der Waals surface area contributed by atoms with Gasteiger partial charge in [-0.05, 0) is 35.7 Å². The zero-order valence-corrected chi connectivity index (χ0v) is 16.1. The van der Waals surface area contributed by atoms with E-state index >= 15 is 0 Å². The SMILES string of the molecule is COCC(=O)N1CC[C@@]2(c3n[nH]c(C)n3)CN(Cc3ccsc3)C[C@H]2C1. The Bertz CT molecular complexity index is 761. The Kier molecular flexibility index (Phi) is 4.81. The minimum atomic E-state index is -0.0787. The molecule has 0 unspecified atom stereocenters. The second kappa shape index (κ2) is 7.09. The summed E-state index contributed by atoms with van der Waals surface area (Å²) in [5.74, 6) is 2.17. The number of hydrogen-bond donors (Lipinski definition) is 1. The van der Waals surface area contributed by atoms with Crippen LogP contribution in [-0.4, -0.2) is 70.8 Å². The average molecular weight is 375 g/mol. The summed E-state index contributed by atoms with van der Waals surface area (Å²) in [6.45, 7) is 6.42. The Morgan fingerprint density at radius 3 is 3.08 bits per heavy atom. The van der Waals surface area contributed by atoms with Crippen molar-refractivity contribution in [2.45, 2.75) is 25.3 Å². The first kappa shape index (κ1) is 17.6. The molecule has 2 aliphatic rings. The van der Waals surface area contributed by atoms with Gasteiger partial charge in [0, 0.05) is 45.8 Å². The highest BCUT2D eigenvalue weighted by Crippen LogP contribution is 2.44. The van der Waals surface area contributed by atoms with Crippen LogP contribution in [0.3, 0.4) is 0 Å². The van der Waals surface area contributed by atoms with Crippen molar-refractivity contribution in [2.75, 3.05) is 39.9 Å². The maximum absolute atomic E-state index is 12.3. The van der Waals surface area contributed by atoms with E-state index in [1.54, 1.807) is 18.4 Å². The van der Waals surface area contributed by atoms with Gasteiger partial charge in [0.25, 0.3) is 0 Å². The summed E-state index contributed by atoms with van der Waals surface area (Å²) in [6.07, 6.45) is 0.893. The molecule has 0 aliphatic carbocycles. The molecule has 26 heavy (non-hydrogen) atoms. The number of carbonyl (C=O) groups excluding carboxylic acids is 1. The standard InChI is InChI=1S/C18H25N5O2S/c1-13-19-17(21-20-13)18-4-5-23(16(24)10-25-2)9-15(18)8-22(12-18)7-14-3-6-26-11-14/h3,6,11,15H,4-5,7-10,12H2,1-2H3,(H,19,20,21)/t15-,18+/m0/s1. The summed E-state index contributed by atoms with van der Waals surface area (Å²) in [5, 5.41) is 11.9. The zero-order valence-electron chi connectivity index (χ0n) is 15.3. The number of amides is 1. The lowest BCUT2D eigenvalue weighted by atomic mass is 9.72. The highest BCUT2D eigenvalue weighted by Gasteiger charge is 2.53. The number of methoxy groups -OCH3 is 1. The summed E-state index contributed by atoms with van der Waals surface area (Å²) in [7, 11) is 1.57. The molecule has 0 saturated carbocycles. The summed E-state index contributed by atoms with van der Waals surface area (Å²) in [6, 6.07) is 2.19. The van der Waals surface area contributed by atoms with Crippen LogP contribution >= 0.6 is 11.3 Å². The number of fused-ring (bicyclic) bond motifs is 1. The fraction of sp³-hybridized carbons (Fsp3) is 0.611. The molecule has 140 valence electrons. The summed E-state index contributed by atoms with van der Waals surface area (Å²) >= 11 is 1.73. The predicted molar refractivity (Wildman–Crippen MR) is 99.0 cm³/mol. The van der Waals surface area contributed by atoms with Crippen LogP contribution in [0.1, 0.15) is 23.6 Å². The Labute approximate surface area is 157 Å². The van der Waals surface area contributed by atoms with Crippen LogP contribution in [0.25, 0.3) is 0 Å². The third kappa shape index (κ3) is 3.17. The quantitative estimate of drug-likeness (QED) is 0.856. The molecule has 1 amide bonds. The fourth-order valence-electron chi connectivity index (χ4n) is 4.42. The van der Waals surface area contributed by atoms with Gasteiger partial charge in [0.2, 0.25) is 5.91 Å². The highest BCUT2D eigenvalue weighted by molar-refractivity contribution is 7.07. The monoisotopic (exact) mass is 375 g/mol. The van der Waals surface area contributed by atoms with Crippen LogP contribution in [0, 0.1) is 12.8 Å². The molecule has 2 fully saturated rings. The van der Waals surface area contributed by atoms with E-state index in [2.05, 4.69) is 36.9 Å². The molecule has 2 aliphatic heterocycles. The number of thiophene rings is 1. The topological polar surface area (TPSA) is 74.3 Å². The number of rotatable bonds is 5. The van der Waals surface area contributed by atoms with Crippen molar-refractivity contribution in [2.24, 2.45) is 5.92 Å². The molecule has 0 aromatic carbocycles. The first-order chi connectivity index (χ1) is 12.6. The second-order valence-corrected chi connectivity index (χ2v) is 8.20. The summed E-state index contributed by atoms with van der Waals surface area (Å²) < 4.78 is 5.04. The molecule has 2 saturated heterocycles. The molecule has 0 bridgehead atoms. The maximum atomic E-state index is 12.3. The minimum absolute atomic E-state index is 0.0727. The Morgan fingerprint density at radius 2 is 2.38 bits per heavy atom. The lowest BCUT2D eigenvalue weighted by molar-refractivity contribution is -0.137. The van der Waals surface area contributed by atoms with E-state index in [1.165, 1.54) is 5.56 Å². The summed E-state index contributed by atoms with van der Waals surface area (Å²) in [4.78, 5) is 21.4. The predicted octanol–water partition coefficient (Wildman–Crippen LogP) is 1.42. The third-order valence-corrected chi connectivity index (χ3v) is 6.42. The van der Waals surface area contributed by atoms with Crippen molar-refractivity contribution in [1.29, 1.82) is 0 Å². The number of ether oxygens (including phenoxy) is 1. The first-order valence-electron chi connectivity index (χ1n) is 9.00. The van der Waals surface area contributed by atoms with Gasteiger partial charge in [-0.15, -0.1) is 0 Å². The minimum Gasteiger partial charge on any atom is -0.375 e. The summed E-state index contributed by atoms with van der Waals surface area (Å²) in [5.41, 5.74) is 1.27. The van der Waals surface area contributed by atoms with E-state index in [4.69, 9.17) is 4.74 Å². The number of H-pyrrole nitrogens is 1. The normalized spacial score (nSPS) is 26.2. The molecule has 7 nitrogen and oxygen atoms in total. The fourth-order valence-corrected chi connectivity index (χ4v) is 5.08. The van der Waals surface area contributed by atoms with Gasteiger partial charge < -0.3 is 9.64 Å².